The van der Waals surface area contributed by atoms with E-state index in [2.05, 4.69) is 109 Å². The maximum atomic E-state index is 13.3. The lowest BCUT2D eigenvalue weighted by molar-refractivity contribution is -0.119. The first-order valence-electron chi connectivity index (χ1n) is 11.6. The zero-order chi connectivity index (χ0) is 21.5. The van der Waals surface area contributed by atoms with Crippen LogP contribution in [0.15, 0.2) is 109 Å². The number of Topliss-reactive ketones (excluding diaryl/α,β-unsaturated/α-hetero) is 1. The molecule has 1 heteroatoms. The smallest absolute Gasteiger partial charge is 0.149 e. The molecule has 32 heavy (non-hydrogen) atoms. The molecule has 0 heterocycles. The van der Waals surface area contributed by atoms with E-state index in [-0.39, 0.29) is 17.8 Å². The molecule has 156 valence electrons. The summed E-state index contributed by atoms with van der Waals surface area (Å²) < 4.78 is 0. The Morgan fingerprint density at radius 3 is 2.47 bits per heavy atom. The van der Waals surface area contributed by atoms with Crippen molar-refractivity contribution in [3.8, 4) is 0 Å². The second-order valence-corrected chi connectivity index (χ2v) is 9.24. The summed E-state index contributed by atoms with van der Waals surface area (Å²) in [5.41, 5.74) is 6.07. The Balaban J connectivity index is 1.26. The second kappa shape index (κ2) is 7.91. The Morgan fingerprint density at radius 2 is 1.62 bits per heavy atom. The Bertz CT molecular complexity index is 1230. The van der Waals surface area contributed by atoms with E-state index in [1.807, 2.05) is 6.07 Å². The minimum atomic E-state index is 0.00881. The van der Waals surface area contributed by atoms with Crippen LogP contribution in [0.1, 0.15) is 40.5 Å². The minimum absolute atomic E-state index is 0.00881. The van der Waals surface area contributed by atoms with Crippen LogP contribution in [0.4, 0.5) is 0 Å². The first kappa shape index (κ1) is 19.3. The van der Waals surface area contributed by atoms with Crippen LogP contribution < -0.4 is 0 Å². The highest BCUT2D eigenvalue weighted by molar-refractivity contribution is 6.01. The van der Waals surface area contributed by atoms with Gasteiger partial charge in [-0.25, -0.2) is 0 Å². The number of fused-ring (bicyclic) bond motifs is 8. The average molecular weight is 415 g/mol. The molecule has 0 radical (unpaired) electrons. The van der Waals surface area contributed by atoms with Crippen LogP contribution in [0.3, 0.4) is 0 Å². The van der Waals surface area contributed by atoms with Gasteiger partial charge in [-0.15, -0.1) is 0 Å². The summed E-state index contributed by atoms with van der Waals surface area (Å²) in [4.78, 5) is 13.3. The molecule has 0 amide bonds. The third-order valence-electron chi connectivity index (χ3n) is 7.32. The van der Waals surface area contributed by atoms with Crippen LogP contribution in [-0.4, -0.2) is 5.78 Å². The fourth-order valence-electron chi connectivity index (χ4n) is 5.78. The predicted molar refractivity (Wildman–Crippen MR) is 132 cm³/mol. The van der Waals surface area contributed by atoms with Crippen molar-refractivity contribution in [1.29, 1.82) is 0 Å². The van der Waals surface area contributed by atoms with Crippen molar-refractivity contribution in [1.82, 2.24) is 0 Å². The summed E-state index contributed by atoms with van der Waals surface area (Å²) in [6, 6.07) is 16.9. The molecule has 6 rings (SSSR count). The zero-order valence-electron chi connectivity index (χ0n) is 18.0. The van der Waals surface area contributed by atoms with Gasteiger partial charge in [0.2, 0.25) is 0 Å². The average Bonchev–Trinajstić information content (AvgIpc) is 3.29. The second-order valence-electron chi connectivity index (χ2n) is 9.24. The number of hydrogen-bond donors (Lipinski definition) is 0. The number of carbonyl (C=O) groups is 1. The van der Waals surface area contributed by atoms with Gasteiger partial charge in [0.15, 0.2) is 0 Å². The molecule has 1 fully saturated rings. The first-order chi connectivity index (χ1) is 15.8. The lowest BCUT2D eigenvalue weighted by Crippen LogP contribution is -2.21. The van der Waals surface area contributed by atoms with E-state index in [4.69, 9.17) is 0 Å². The van der Waals surface area contributed by atoms with E-state index in [1.165, 1.54) is 22.3 Å². The van der Waals surface area contributed by atoms with Crippen molar-refractivity contribution in [2.45, 2.75) is 18.3 Å². The van der Waals surface area contributed by atoms with E-state index >= 15 is 0 Å². The van der Waals surface area contributed by atoms with Gasteiger partial charge >= 0.3 is 0 Å². The van der Waals surface area contributed by atoms with E-state index in [9.17, 15) is 4.79 Å². The number of rotatable bonds is 4. The molecule has 2 aromatic rings. The van der Waals surface area contributed by atoms with E-state index in [0.717, 1.165) is 12.0 Å². The number of benzene rings is 2. The van der Waals surface area contributed by atoms with Gasteiger partial charge in [0, 0.05) is 0 Å². The van der Waals surface area contributed by atoms with Crippen molar-refractivity contribution < 1.29 is 4.79 Å². The Hall–Kier alpha value is -3.45. The molecule has 3 unspecified atom stereocenters. The van der Waals surface area contributed by atoms with E-state index in [0.29, 0.717) is 17.6 Å². The molecule has 1 saturated carbocycles. The van der Waals surface area contributed by atoms with Crippen molar-refractivity contribution >= 4 is 17.9 Å². The van der Waals surface area contributed by atoms with Gasteiger partial charge in [-0.05, 0) is 52.0 Å². The van der Waals surface area contributed by atoms with E-state index in [1.54, 1.807) is 0 Å². The molecular weight excluding hydrogens is 388 g/mol. The number of ketones is 1. The Kier molecular flexibility index (Phi) is 4.76. The third-order valence-corrected chi connectivity index (χ3v) is 7.32. The molecule has 4 aliphatic carbocycles. The third kappa shape index (κ3) is 3.29. The lowest BCUT2D eigenvalue weighted by Gasteiger charge is -2.30. The zero-order valence-corrected chi connectivity index (χ0v) is 18.0. The van der Waals surface area contributed by atoms with Crippen LogP contribution in [0, 0.1) is 17.8 Å². The number of carbonyl (C=O) groups excluding carboxylic acids is 1. The molecule has 0 N–H and O–H groups in total. The highest BCUT2D eigenvalue weighted by atomic mass is 16.1. The molecule has 2 aromatic carbocycles. The highest BCUT2D eigenvalue weighted by Crippen LogP contribution is 2.59. The molecule has 0 spiro atoms. The van der Waals surface area contributed by atoms with Gasteiger partial charge in [0.1, 0.15) is 5.78 Å². The van der Waals surface area contributed by atoms with Crippen LogP contribution in [0.2, 0.25) is 0 Å². The standard InChI is InChI=1S/C31H26O/c32-31-29-26-18-16-24(14-12-22-9-5-2-6-10-22)20-28(26)30(31)25-17-15-23(19-27(25)29)13-11-21-7-3-1-4-8-21/h1-9,11-20,22,26,28-30H,10H2/b13-11+,14-12+/t22?,26?,28?,29-,30-/m1/s1. The van der Waals surface area contributed by atoms with Gasteiger partial charge in [0.05, 0.1) is 11.8 Å². The summed E-state index contributed by atoms with van der Waals surface area (Å²) in [5.74, 6) is 1.48. The minimum Gasteiger partial charge on any atom is -0.298 e. The molecule has 2 bridgehead atoms. The molecular formula is C31H26O. The maximum Gasteiger partial charge on any atom is 0.149 e. The fourth-order valence-corrected chi connectivity index (χ4v) is 5.78. The van der Waals surface area contributed by atoms with Crippen molar-refractivity contribution in [3.63, 3.8) is 0 Å². The van der Waals surface area contributed by atoms with Crippen LogP contribution in [0.25, 0.3) is 12.2 Å². The van der Waals surface area contributed by atoms with Gasteiger partial charge in [-0.3, -0.25) is 4.79 Å². The monoisotopic (exact) mass is 414 g/mol. The summed E-state index contributed by atoms with van der Waals surface area (Å²) in [5, 5.41) is 0. The molecule has 5 atom stereocenters. The van der Waals surface area contributed by atoms with Crippen molar-refractivity contribution in [3.05, 3.63) is 131 Å². The van der Waals surface area contributed by atoms with Crippen LogP contribution in [-0.2, 0) is 4.79 Å². The van der Waals surface area contributed by atoms with Crippen LogP contribution >= 0.6 is 0 Å². The number of hydrogen-bond acceptors (Lipinski definition) is 1. The summed E-state index contributed by atoms with van der Waals surface area (Å²) in [7, 11) is 0. The summed E-state index contributed by atoms with van der Waals surface area (Å²) in [6.07, 6.45) is 25.4. The molecule has 0 aliphatic heterocycles. The molecule has 1 nitrogen and oxygen atoms in total. The van der Waals surface area contributed by atoms with E-state index < -0.39 is 0 Å². The number of allylic oxidation sites excluding steroid dienone is 10. The SMILES string of the molecule is O=C1[C@@H]2c3ccc(/C=C/c4ccccc4)cc3[C@H]1C1C=CC(/C=C/C3C=CC=CC3)=CC12. The molecule has 0 saturated heterocycles. The quantitative estimate of drug-likeness (QED) is 0.491. The van der Waals surface area contributed by atoms with Gasteiger partial charge in [-0.1, -0.05) is 115 Å². The summed E-state index contributed by atoms with van der Waals surface area (Å²) in [6.45, 7) is 0. The Labute approximate surface area is 189 Å². The largest absolute Gasteiger partial charge is 0.298 e. The summed E-state index contributed by atoms with van der Waals surface area (Å²) >= 11 is 0. The van der Waals surface area contributed by atoms with Gasteiger partial charge in [0.25, 0.3) is 0 Å². The first-order valence-corrected chi connectivity index (χ1v) is 11.6. The van der Waals surface area contributed by atoms with Gasteiger partial charge in [-0.2, -0.15) is 0 Å². The Morgan fingerprint density at radius 1 is 0.781 bits per heavy atom. The fraction of sp³-hybridized carbons (Fsp3) is 0.194. The predicted octanol–water partition coefficient (Wildman–Crippen LogP) is 7.04. The lowest BCUT2D eigenvalue weighted by atomic mass is 9.72. The highest BCUT2D eigenvalue weighted by Gasteiger charge is 2.55. The van der Waals surface area contributed by atoms with Gasteiger partial charge < -0.3 is 0 Å². The van der Waals surface area contributed by atoms with Crippen molar-refractivity contribution in [2.75, 3.05) is 0 Å². The van der Waals surface area contributed by atoms with Crippen molar-refractivity contribution in [2.24, 2.45) is 17.8 Å². The van der Waals surface area contributed by atoms with Crippen LogP contribution in [0.5, 0.6) is 0 Å². The molecule has 0 aromatic heterocycles. The molecule has 4 aliphatic rings. The normalized spacial score (nSPS) is 29.7. The maximum absolute atomic E-state index is 13.3. The topological polar surface area (TPSA) is 17.1 Å².